The van der Waals surface area contributed by atoms with E-state index in [1.807, 2.05) is 30.3 Å². The van der Waals surface area contributed by atoms with E-state index in [9.17, 15) is 20.1 Å². The number of carbonyl (C=O) groups excluding carboxylic acids is 1. The van der Waals surface area contributed by atoms with Crippen LogP contribution in [-0.2, 0) is 6.54 Å². The van der Waals surface area contributed by atoms with Crippen LogP contribution in [0.4, 0.5) is 5.69 Å². The van der Waals surface area contributed by atoms with Crippen LogP contribution in [0.1, 0.15) is 28.1 Å². The van der Waals surface area contributed by atoms with Crippen molar-refractivity contribution in [1.82, 2.24) is 0 Å². The van der Waals surface area contributed by atoms with E-state index in [1.165, 1.54) is 18.4 Å². The number of rotatable bonds is 6. The molecule has 3 aromatic rings. The van der Waals surface area contributed by atoms with E-state index in [0.29, 0.717) is 45.8 Å². The molecule has 0 saturated carbocycles. The predicted octanol–water partition coefficient (Wildman–Crippen LogP) is 4.51. The molecule has 2 aromatic carbocycles. The fourth-order valence-corrected chi connectivity index (χ4v) is 6.74. The molecule has 1 fully saturated rings. The number of fused-ring (bicyclic) bond motifs is 1. The quantitative estimate of drug-likeness (QED) is 0.401. The van der Waals surface area contributed by atoms with Gasteiger partial charge in [0.1, 0.15) is 12.2 Å². The summed E-state index contributed by atoms with van der Waals surface area (Å²) in [6, 6.07) is 14.8. The van der Waals surface area contributed by atoms with Crippen LogP contribution in [0.2, 0.25) is 5.02 Å². The average Bonchev–Trinajstić information content (AvgIpc) is 3.36. The number of carbonyl (C=O) groups is 1. The van der Waals surface area contributed by atoms with E-state index < -0.39 is 10.7 Å². The minimum atomic E-state index is -1.98. The zero-order valence-electron chi connectivity index (χ0n) is 18.9. The Morgan fingerprint density at radius 2 is 1.86 bits per heavy atom. The number of ether oxygens (including phenoxy) is 2. The molecule has 184 valence electrons. The Morgan fingerprint density at radius 1 is 1.09 bits per heavy atom. The first-order valence-corrected chi connectivity index (χ1v) is 13.2. The fourth-order valence-electron chi connectivity index (χ4n) is 4.31. The Labute approximate surface area is 215 Å². The number of halogens is 1. The molecular formula is C25H24ClNO6S2. The van der Waals surface area contributed by atoms with Gasteiger partial charge in [0.25, 0.3) is 5.91 Å². The van der Waals surface area contributed by atoms with Crippen LogP contribution >= 0.6 is 34.7 Å². The Hall–Kier alpha value is -2.27. The summed E-state index contributed by atoms with van der Waals surface area (Å²) in [6.07, 6.45) is 0.164. The van der Waals surface area contributed by atoms with Crippen molar-refractivity contribution in [3.63, 3.8) is 0 Å². The zero-order chi connectivity index (χ0) is 24.8. The van der Waals surface area contributed by atoms with Crippen LogP contribution in [0.3, 0.4) is 0 Å². The molecule has 1 unspecified atom stereocenters. The molecule has 10 heteroatoms. The van der Waals surface area contributed by atoms with Gasteiger partial charge in [-0.3, -0.25) is 4.79 Å². The van der Waals surface area contributed by atoms with Crippen LogP contribution in [0.25, 0.3) is 10.4 Å². The number of thiophene rings is 1. The van der Waals surface area contributed by atoms with Gasteiger partial charge in [-0.2, -0.15) is 0 Å². The highest BCUT2D eigenvalue weighted by Crippen LogP contribution is 2.42. The maximum absolute atomic E-state index is 13.2. The standard InChI is InChI=1S/C25H24ClNO6S2/c1-32-20-11-18(6-7-19(20)33-14-24(29)8-9-34-25(30,31)13-24)27-12-16-10-21(35-22(16)23(27)28)15-2-4-17(26)5-3-15/h2-7,10-11,29-31H,8-9,12-14H2,1H3. The third kappa shape index (κ3) is 5.02. The molecule has 2 aliphatic heterocycles. The summed E-state index contributed by atoms with van der Waals surface area (Å²) in [5.41, 5.74) is 1.31. The molecular weight excluding hydrogens is 510 g/mol. The molecule has 1 saturated heterocycles. The number of benzene rings is 2. The highest BCUT2D eigenvalue weighted by Gasteiger charge is 2.43. The molecule has 3 heterocycles. The normalized spacial score (nSPS) is 21.2. The third-order valence-corrected chi connectivity index (χ3v) is 8.60. The fraction of sp³-hybridized carbons (Fsp3) is 0.320. The summed E-state index contributed by atoms with van der Waals surface area (Å²) in [5, 5.41) is 29.2. The molecule has 7 nitrogen and oxygen atoms in total. The number of aliphatic hydroxyl groups is 3. The lowest BCUT2D eigenvalue weighted by Gasteiger charge is -2.38. The van der Waals surface area contributed by atoms with Crippen molar-refractivity contribution >= 4 is 46.3 Å². The number of anilines is 1. The van der Waals surface area contributed by atoms with Crippen LogP contribution in [-0.4, -0.2) is 51.4 Å². The largest absolute Gasteiger partial charge is 0.493 e. The highest BCUT2D eigenvalue weighted by molar-refractivity contribution is 8.00. The van der Waals surface area contributed by atoms with Crippen molar-refractivity contribution in [2.75, 3.05) is 24.4 Å². The molecule has 0 radical (unpaired) electrons. The Bertz CT molecular complexity index is 1260. The van der Waals surface area contributed by atoms with Crippen molar-refractivity contribution in [2.45, 2.75) is 30.1 Å². The van der Waals surface area contributed by atoms with Crippen LogP contribution in [0.15, 0.2) is 48.5 Å². The van der Waals surface area contributed by atoms with Gasteiger partial charge in [-0.05, 0) is 47.9 Å². The first-order valence-electron chi connectivity index (χ1n) is 11.0. The van der Waals surface area contributed by atoms with E-state index in [2.05, 4.69) is 0 Å². The van der Waals surface area contributed by atoms with Crippen molar-refractivity contribution < 1.29 is 29.6 Å². The van der Waals surface area contributed by atoms with Crippen LogP contribution < -0.4 is 14.4 Å². The Balaban J connectivity index is 1.31. The van der Waals surface area contributed by atoms with Gasteiger partial charge in [-0.1, -0.05) is 35.5 Å². The summed E-state index contributed by atoms with van der Waals surface area (Å²) in [4.78, 5) is 16.6. The van der Waals surface area contributed by atoms with Crippen molar-refractivity contribution in [3.05, 3.63) is 64.0 Å². The van der Waals surface area contributed by atoms with Crippen molar-refractivity contribution in [3.8, 4) is 21.9 Å². The molecule has 35 heavy (non-hydrogen) atoms. The predicted molar refractivity (Wildman–Crippen MR) is 138 cm³/mol. The minimum Gasteiger partial charge on any atom is -0.493 e. The lowest BCUT2D eigenvalue weighted by molar-refractivity contribution is -0.145. The molecule has 0 aliphatic carbocycles. The summed E-state index contributed by atoms with van der Waals surface area (Å²) >= 11 is 8.44. The van der Waals surface area contributed by atoms with E-state index >= 15 is 0 Å². The van der Waals surface area contributed by atoms with E-state index in [-0.39, 0.29) is 18.9 Å². The van der Waals surface area contributed by atoms with E-state index in [4.69, 9.17) is 21.1 Å². The second-order valence-corrected chi connectivity index (χ2v) is 11.6. The average molecular weight is 534 g/mol. The van der Waals surface area contributed by atoms with Crippen LogP contribution in [0, 0.1) is 0 Å². The summed E-state index contributed by atoms with van der Waals surface area (Å²) in [7, 11) is 1.51. The maximum Gasteiger partial charge on any atom is 0.269 e. The molecule has 0 spiro atoms. The summed E-state index contributed by atoms with van der Waals surface area (Å²) < 4.78 is 11.3. The van der Waals surface area contributed by atoms with E-state index in [0.717, 1.165) is 27.8 Å². The first-order chi connectivity index (χ1) is 16.7. The lowest BCUT2D eigenvalue weighted by Crippen LogP contribution is -2.47. The van der Waals surface area contributed by atoms with Gasteiger partial charge in [-0.15, -0.1) is 11.3 Å². The van der Waals surface area contributed by atoms with Gasteiger partial charge >= 0.3 is 0 Å². The van der Waals surface area contributed by atoms with Gasteiger partial charge in [0.15, 0.2) is 11.5 Å². The monoisotopic (exact) mass is 533 g/mol. The van der Waals surface area contributed by atoms with Gasteiger partial charge in [0.2, 0.25) is 5.12 Å². The van der Waals surface area contributed by atoms with Gasteiger partial charge in [0, 0.05) is 33.8 Å². The van der Waals surface area contributed by atoms with Crippen LogP contribution in [0.5, 0.6) is 11.5 Å². The number of methoxy groups -OCH3 is 1. The van der Waals surface area contributed by atoms with Gasteiger partial charge < -0.3 is 29.7 Å². The number of hydrogen-bond acceptors (Lipinski definition) is 8. The Kier molecular flexibility index (Phi) is 6.50. The highest BCUT2D eigenvalue weighted by atomic mass is 35.5. The molecule has 3 N–H and O–H groups in total. The van der Waals surface area contributed by atoms with Gasteiger partial charge in [0.05, 0.1) is 18.5 Å². The molecule has 0 bridgehead atoms. The second kappa shape index (κ2) is 9.31. The SMILES string of the molecule is COc1cc(N2Cc3cc(-c4ccc(Cl)cc4)sc3C2=O)ccc1OCC1(O)CCSC(O)(O)C1. The Morgan fingerprint density at radius 3 is 2.54 bits per heavy atom. The van der Waals surface area contributed by atoms with Crippen molar-refractivity contribution in [2.24, 2.45) is 0 Å². The van der Waals surface area contributed by atoms with E-state index in [1.54, 1.807) is 23.1 Å². The molecule has 1 amide bonds. The minimum absolute atomic E-state index is 0.0721. The second-order valence-electron chi connectivity index (χ2n) is 8.73. The smallest absolute Gasteiger partial charge is 0.269 e. The number of hydrogen-bond donors (Lipinski definition) is 3. The number of nitrogens with zero attached hydrogens (tertiary/aromatic N) is 1. The summed E-state index contributed by atoms with van der Waals surface area (Å²) in [6.45, 7) is 0.341. The number of thioether (sulfide) groups is 1. The summed E-state index contributed by atoms with van der Waals surface area (Å²) in [5.74, 6) is 1.15. The third-order valence-electron chi connectivity index (χ3n) is 6.12. The van der Waals surface area contributed by atoms with Gasteiger partial charge in [-0.25, -0.2) is 0 Å². The topological polar surface area (TPSA) is 99.5 Å². The lowest BCUT2D eigenvalue weighted by atomic mass is 9.96. The zero-order valence-corrected chi connectivity index (χ0v) is 21.3. The maximum atomic E-state index is 13.2. The molecule has 5 rings (SSSR count). The molecule has 1 atom stereocenters. The van der Waals surface area contributed by atoms with Crippen molar-refractivity contribution in [1.29, 1.82) is 0 Å². The molecule has 1 aromatic heterocycles. The number of amides is 1. The molecule has 2 aliphatic rings. The first kappa shape index (κ1) is 24.4.